The van der Waals surface area contributed by atoms with Crippen LogP contribution in [0.4, 0.5) is 10.2 Å². The monoisotopic (exact) mass is 447 g/mol. The molecule has 0 fully saturated rings. The zero-order chi connectivity index (χ0) is 23.7. The van der Waals surface area contributed by atoms with Crippen molar-refractivity contribution in [3.63, 3.8) is 0 Å². The first-order valence-corrected chi connectivity index (χ1v) is 10.3. The maximum absolute atomic E-state index is 15.0. The minimum Gasteiger partial charge on any atom is -0.504 e. The molecule has 1 aliphatic heterocycles. The maximum atomic E-state index is 15.0. The molecule has 0 bridgehead atoms. The highest BCUT2D eigenvalue weighted by Crippen LogP contribution is 2.48. The number of carbonyl (C=O) groups is 1. The Hall–Kier alpha value is -4.25. The molecule has 1 aliphatic rings. The molecular formula is C25H22FN3O4. The first kappa shape index (κ1) is 22.0. The number of anilines is 1. The maximum Gasteiger partial charge on any atom is 0.355 e. The molecule has 8 heteroatoms. The van der Waals surface area contributed by atoms with E-state index in [2.05, 4.69) is 6.07 Å². The van der Waals surface area contributed by atoms with Crippen LogP contribution in [0.25, 0.3) is 5.70 Å². The van der Waals surface area contributed by atoms with Gasteiger partial charge in [-0.3, -0.25) is 0 Å². The summed E-state index contributed by atoms with van der Waals surface area (Å²) in [5.41, 5.74) is 1.56. The third kappa shape index (κ3) is 3.57. The molecule has 168 valence electrons. The molecule has 2 aromatic carbocycles. The Labute approximate surface area is 190 Å². The predicted molar refractivity (Wildman–Crippen MR) is 121 cm³/mol. The van der Waals surface area contributed by atoms with Crippen LogP contribution in [0.3, 0.4) is 0 Å². The molecule has 0 amide bonds. The van der Waals surface area contributed by atoms with Crippen molar-refractivity contribution in [2.75, 3.05) is 25.7 Å². The number of allylic oxidation sites excluding steroid dienone is 1. The molecule has 0 saturated carbocycles. The molecule has 0 radical (unpaired) electrons. The van der Waals surface area contributed by atoms with E-state index in [9.17, 15) is 15.2 Å². The van der Waals surface area contributed by atoms with E-state index in [1.165, 1.54) is 16.7 Å². The van der Waals surface area contributed by atoms with Crippen molar-refractivity contribution in [1.29, 1.82) is 5.26 Å². The van der Waals surface area contributed by atoms with Crippen molar-refractivity contribution in [3.8, 4) is 17.6 Å². The molecule has 1 N–H and O–H groups in total. The molecule has 0 saturated heterocycles. The summed E-state index contributed by atoms with van der Waals surface area (Å²) >= 11 is 0. The van der Waals surface area contributed by atoms with Crippen molar-refractivity contribution in [1.82, 2.24) is 4.57 Å². The Bertz CT molecular complexity index is 1290. The second-order valence-corrected chi connectivity index (χ2v) is 7.41. The minimum atomic E-state index is -1.00. The van der Waals surface area contributed by atoms with Crippen LogP contribution in [-0.2, 0) is 4.74 Å². The first-order valence-electron chi connectivity index (χ1n) is 10.3. The summed E-state index contributed by atoms with van der Waals surface area (Å²) < 4.78 is 26.9. The summed E-state index contributed by atoms with van der Waals surface area (Å²) in [4.78, 5) is 14.4. The molecule has 7 nitrogen and oxygen atoms in total. The minimum absolute atomic E-state index is 0.0194. The summed E-state index contributed by atoms with van der Waals surface area (Å²) in [7, 11) is 3.23. The van der Waals surface area contributed by atoms with E-state index < -0.39 is 17.8 Å². The lowest BCUT2D eigenvalue weighted by Crippen LogP contribution is -2.32. The summed E-state index contributed by atoms with van der Waals surface area (Å²) in [5.74, 6) is -0.527. The largest absolute Gasteiger partial charge is 0.504 e. The Kier molecular flexibility index (Phi) is 5.80. The van der Waals surface area contributed by atoms with Gasteiger partial charge in [-0.2, -0.15) is 5.26 Å². The number of nitriles is 1. The van der Waals surface area contributed by atoms with Gasteiger partial charge in [0.2, 0.25) is 0 Å². The summed E-state index contributed by atoms with van der Waals surface area (Å²) in [6.07, 6.45) is 0. The summed E-state index contributed by atoms with van der Waals surface area (Å²) in [5, 5.41) is 21.1. The average molecular weight is 447 g/mol. The van der Waals surface area contributed by atoms with Crippen LogP contribution >= 0.6 is 0 Å². The fraction of sp³-hybridized carbons (Fsp3) is 0.200. The lowest BCUT2D eigenvalue weighted by molar-refractivity contribution is 0.0513. The van der Waals surface area contributed by atoms with Gasteiger partial charge < -0.3 is 24.0 Å². The molecule has 1 aromatic heterocycles. The smallest absolute Gasteiger partial charge is 0.355 e. The van der Waals surface area contributed by atoms with Crippen LogP contribution < -0.4 is 9.64 Å². The highest BCUT2D eigenvalue weighted by molar-refractivity contribution is 5.94. The lowest BCUT2D eigenvalue weighted by Gasteiger charge is -2.36. The van der Waals surface area contributed by atoms with Crippen molar-refractivity contribution in [2.24, 2.45) is 0 Å². The van der Waals surface area contributed by atoms with Gasteiger partial charge in [0.05, 0.1) is 31.1 Å². The highest BCUT2D eigenvalue weighted by atomic mass is 19.1. The molecule has 1 unspecified atom stereocenters. The van der Waals surface area contributed by atoms with E-state index >= 15 is 4.39 Å². The Balaban J connectivity index is 2.05. The van der Waals surface area contributed by atoms with E-state index in [4.69, 9.17) is 9.47 Å². The van der Waals surface area contributed by atoms with Gasteiger partial charge in [0.15, 0.2) is 11.6 Å². The molecule has 3 aromatic rings. The number of rotatable bonds is 5. The van der Waals surface area contributed by atoms with Crippen LogP contribution in [0, 0.1) is 17.1 Å². The Morgan fingerprint density at radius 3 is 2.52 bits per heavy atom. The van der Waals surface area contributed by atoms with Crippen molar-refractivity contribution in [2.45, 2.75) is 13.0 Å². The SMILES string of the molecule is CCOC(=O)c1cc(O)c2n1C(c1ccccc1F)C(C#N)=C(c1ccc(OC)cc1)N2C. The Morgan fingerprint density at radius 2 is 1.91 bits per heavy atom. The van der Waals surface area contributed by atoms with Gasteiger partial charge in [-0.15, -0.1) is 0 Å². The Morgan fingerprint density at radius 1 is 1.21 bits per heavy atom. The number of fused-ring (bicyclic) bond motifs is 1. The molecule has 4 rings (SSSR count). The van der Waals surface area contributed by atoms with Gasteiger partial charge in [0, 0.05) is 18.7 Å². The number of halogens is 1. The second-order valence-electron chi connectivity index (χ2n) is 7.41. The third-order valence-corrected chi connectivity index (χ3v) is 5.60. The third-order valence-electron chi connectivity index (χ3n) is 5.60. The van der Waals surface area contributed by atoms with Gasteiger partial charge in [0.25, 0.3) is 0 Å². The van der Waals surface area contributed by atoms with Crippen LogP contribution in [0.2, 0.25) is 0 Å². The molecule has 33 heavy (non-hydrogen) atoms. The number of esters is 1. The van der Waals surface area contributed by atoms with E-state index in [1.54, 1.807) is 68.4 Å². The summed E-state index contributed by atoms with van der Waals surface area (Å²) in [6.45, 7) is 1.79. The second kappa shape index (κ2) is 8.71. The fourth-order valence-corrected chi connectivity index (χ4v) is 4.21. The van der Waals surface area contributed by atoms with E-state index in [1.807, 2.05) is 0 Å². The topological polar surface area (TPSA) is 87.7 Å². The van der Waals surface area contributed by atoms with Crippen LogP contribution in [0.1, 0.15) is 34.6 Å². The number of methoxy groups -OCH3 is 1. The van der Waals surface area contributed by atoms with Crippen LogP contribution in [0.15, 0.2) is 60.2 Å². The van der Waals surface area contributed by atoms with Crippen molar-refractivity contribution in [3.05, 3.63) is 82.8 Å². The number of benzene rings is 2. The average Bonchev–Trinajstić information content (AvgIpc) is 3.17. The predicted octanol–water partition coefficient (Wildman–Crippen LogP) is 4.49. The van der Waals surface area contributed by atoms with Crippen LogP contribution in [-0.4, -0.2) is 36.4 Å². The zero-order valence-corrected chi connectivity index (χ0v) is 18.4. The number of hydrogen-bond acceptors (Lipinski definition) is 6. The fourth-order valence-electron chi connectivity index (χ4n) is 4.21. The van der Waals surface area contributed by atoms with Gasteiger partial charge >= 0.3 is 5.97 Å². The quantitative estimate of drug-likeness (QED) is 0.580. The van der Waals surface area contributed by atoms with Gasteiger partial charge in [-0.1, -0.05) is 18.2 Å². The number of aromatic nitrogens is 1. The number of nitrogens with zero attached hydrogens (tertiary/aromatic N) is 3. The standard InChI is InChI=1S/C25H22FN3O4/c1-4-33-25(31)20-13-21(30)24-28(2)22(15-9-11-16(32-3)12-10-15)18(14-27)23(29(20)24)17-7-5-6-8-19(17)26/h5-13,23,30H,4H2,1-3H3. The van der Waals surface area contributed by atoms with E-state index in [0.29, 0.717) is 17.0 Å². The number of ether oxygens (including phenoxy) is 2. The van der Waals surface area contributed by atoms with Crippen molar-refractivity contribution < 1.29 is 23.8 Å². The molecule has 0 aliphatic carbocycles. The van der Waals surface area contributed by atoms with E-state index in [-0.39, 0.29) is 35.0 Å². The van der Waals surface area contributed by atoms with Crippen LogP contribution in [0.5, 0.6) is 11.5 Å². The van der Waals surface area contributed by atoms with Crippen molar-refractivity contribution >= 4 is 17.5 Å². The normalized spacial score (nSPS) is 15.1. The summed E-state index contributed by atoms with van der Waals surface area (Å²) in [6, 6.07) is 15.6. The van der Waals surface area contributed by atoms with Gasteiger partial charge in [-0.25, -0.2) is 9.18 Å². The molecule has 2 heterocycles. The van der Waals surface area contributed by atoms with Gasteiger partial charge in [0.1, 0.15) is 23.3 Å². The molecular weight excluding hydrogens is 425 g/mol. The zero-order valence-electron chi connectivity index (χ0n) is 18.4. The number of aromatic hydroxyl groups is 1. The lowest BCUT2D eigenvalue weighted by atomic mass is 9.92. The van der Waals surface area contributed by atoms with Gasteiger partial charge in [-0.05, 0) is 42.8 Å². The first-order chi connectivity index (χ1) is 15.9. The van der Waals surface area contributed by atoms with E-state index in [0.717, 1.165) is 0 Å². The number of hydrogen-bond donors (Lipinski definition) is 1. The molecule has 0 spiro atoms. The number of carbonyl (C=O) groups excluding carboxylic acids is 1. The molecule has 1 atom stereocenters. The highest BCUT2D eigenvalue weighted by Gasteiger charge is 2.39.